The molecule has 0 heterocycles. The van der Waals surface area contributed by atoms with E-state index in [1.165, 1.54) is 0 Å². The first-order valence-corrected chi connectivity index (χ1v) is 10.4. The van der Waals surface area contributed by atoms with Gasteiger partial charge in [0.1, 0.15) is 0 Å². The van der Waals surface area contributed by atoms with E-state index in [4.69, 9.17) is 39.3 Å². The number of hydrogen-bond donors (Lipinski definition) is 0. The zero-order valence-corrected chi connectivity index (χ0v) is 18.9. The van der Waals surface area contributed by atoms with E-state index in [2.05, 4.69) is 0 Å². The molecule has 0 spiro atoms. The van der Waals surface area contributed by atoms with Crippen molar-refractivity contribution in [1.82, 2.24) is 0 Å². The monoisotopic (exact) mass is 425 g/mol. The first-order valence-electron chi connectivity index (χ1n) is 11.0. The Kier molecular flexibility index (Phi) is 22.1. The molecule has 0 aliphatic heterocycles. The van der Waals surface area contributed by atoms with Crippen molar-refractivity contribution in [1.29, 1.82) is 0 Å². The van der Waals surface area contributed by atoms with Crippen LogP contribution in [0.1, 0.15) is 20.6 Å². The Labute approximate surface area is 178 Å². The van der Waals surface area contributed by atoms with Crippen LogP contribution in [0.2, 0.25) is 0 Å². The Morgan fingerprint density at radius 3 is 1.17 bits per heavy atom. The summed E-state index contributed by atoms with van der Waals surface area (Å²) in [7, 11) is 6.60. The van der Waals surface area contributed by atoms with Gasteiger partial charge in [0.15, 0.2) is 0 Å². The van der Waals surface area contributed by atoms with Gasteiger partial charge < -0.3 is 37.9 Å². The van der Waals surface area contributed by atoms with E-state index in [-0.39, 0.29) is 18.2 Å². The third-order valence-corrected chi connectivity index (χ3v) is 4.20. The molecule has 0 radical (unpaired) electrons. The summed E-state index contributed by atoms with van der Waals surface area (Å²) in [4.78, 5) is 0. The maximum absolute atomic E-state index is 8.90. The molecule has 0 fully saturated rings. The molecule has 2 atom stereocenters. The van der Waals surface area contributed by atoms with Gasteiger partial charge in [0, 0.05) is 56.2 Å². The van der Waals surface area contributed by atoms with E-state index in [1.807, 2.05) is 0 Å². The van der Waals surface area contributed by atoms with Gasteiger partial charge in [0.05, 0.1) is 52.9 Å². The summed E-state index contributed by atoms with van der Waals surface area (Å²) in [6, 6.07) is 0. The predicted octanol–water partition coefficient (Wildman–Crippen LogP) is 2.04. The highest BCUT2D eigenvalue weighted by molar-refractivity contribution is 4.67. The fraction of sp³-hybridized carbons (Fsp3) is 1.00. The minimum absolute atomic E-state index is 0.0272. The second-order valence-corrected chi connectivity index (χ2v) is 6.64. The number of ether oxygens (including phenoxy) is 8. The third-order valence-electron chi connectivity index (χ3n) is 4.20. The molecule has 0 aliphatic rings. The molecule has 0 rings (SSSR count). The van der Waals surface area contributed by atoms with E-state index in [0.717, 1.165) is 12.8 Å². The number of rotatable bonds is 24. The lowest BCUT2D eigenvalue weighted by Crippen LogP contribution is -2.23. The molecule has 0 saturated heterocycles. The van der Waals surface area contributed by atoms with Crippen LogP contribution < -0.4 is 0 Å². The fourth-order valence-electron chi connectivity index (χ4n) is 2.57. The molecule has 29 heavy (non-hydrogen) atoms. The SMILES string of the molecule is [2H]C(C(CCOCCOC)COCCOC)C(CCOCCOC)COCCOC. The Hall–Kier alpha value is -0.320. The van der Waals surface area contributed by atoms with Gasteiger partial charge in [-0.25, -0.2) is 0 Å². The molecule has 0 aromatic heterocycles. The van der Waals surface area contributed by atoms with E-state index in [0.29, 0.717) is 79.3 Å². The average molecular weight is 426 g/mol. The van der Waals surface area contributed by atoms with E-state index >= 15 is 0 Å². The van der Waals surface area contributed by atoms with Crippen LogP contribution >= 0.6 is 0 Å². The zero-order chi connectivity index (χ0) is 22.3. The van der Waals surface area contributed by atoms with E-state index in [1.54, 1.807) is 28.4 Å². The van der Waals surface area contributed by atoms with Gasteiger partial charge in [0.2, 0.25) is 0 Å². The van der Waals surface area contributed by atoms with Crippen LogP contribution in [0.5, 0.6) is 0 Å². The molecule has 176 valence electrons. The average Bonchev–Trinajstić information content (AvgIpc) is 2.76. The largest absolute Gasteiger partial charge is 0.382 e. The summed E-state index contributed by atoms with van der Waals surface area (Å²) in [5, 5.41) is 0. The van der Waals surface area contributed by atoms with Crippen molar-refractivity contribution in [3.8, 4) is 0 Å². The summed E-state index contributed by atoms with van der Waals surface area (Å²) in [5.74, 6) is 0.0544. The number of hydrogen-bond acceptors (Lipinski definition) is 8. The molecule has 8 nitrogen and oxygen atoms in total. The molecule has 0 aromatic rings. The Bertz CT molecular complexity index is 308. The zero-order valence-electron chi connectivity index (χ0n) is 19.9. The maximum atomic E-state index is 8.90. The highest BCUT2D eigenvalue weighted by Crippen LogP contribution is 2.20. The number of methoxy groups -OCH3 is 4. The van der Waals surface area contributed by atoms with Gasteiger partial charge in [-0.05, 0) is 31.1 Å². The standard InChI is InChI=1S/C21H44O8/c1-22-9-13-26-7-5-20(18-28-15-11-24-3)17-21(19-29-16-12-25-4)6-8-27-14-10-23-2/h20-21H,5-19H2,1-4H3/i17D. The lowest BCUT2D eigenvalue weighted by atomic mass is 9.91. The third kappa shape index (κ3) is 20.7. The van der Waals surface area contributed by atoms with Crippen LogP contribution in [0.25, 0.3) is 0 Å². The van der Waals surface area contributed by atoms with Crippen molar-refractivity contribution >= 4 is 0 Å². The molecule has 8 heteroatoms. The second-order valence-electron chi connectivity index (χ2n) is 6.64. The minimum Gasteiger partial charge on any atom is -0.382 e. The lowest BCUT2D eigenvalue weighted by Gasteiger charge is -2.24. The lowest BCUT2D eigenvalue weighted by molar-refractivity contribution is 0.00599. The molecular formula is C21H44O8. The Morgan fingerprint density at radius 1 is 0.483 bits per heavy atom. The Balaban J connectivity index is 4.71. The van der Waals surface area contributed by atoms with Crippen molar-refractivity contribution in [2.75, 3.05) is 108 Å². The van der Waals surface area contributed by atoms with Crippen molar-refractivity contribution in [2.24, 2.45) is 11.8 Å². The van der Waals surface area contributed by atoms with Gasteiger partial charge in [-0.2, -0.15) is 0 Å². The minimum atomic E-state index is -0.354. The van der Waals surface area contributed by atoms with Crippen LogP contribution in [0, 0.1) is 11.8 Å². The fourth-order valence-corrected chi connectivity index (χ4v) is 2.57. The van der Waals surface area contributed by atoms with Crippen LogP contribution in [0.15, 0.2) is 0 Å². The summed E-state index contributed by atoms with van der Waals surface area (Å²) < 4.78 is 51.8. The van der Waals surface area contributed by atoms with Crippen LogP contribution in [-0.4, -0.2) is 108 Å². The molecule has 0 N–H and O–H groups in total. The van der Waals surface area contributed by atoms with Gasteiger partial charge >= 0.3 is 0 Å². The van der Waals surface area contributed by atoms with Crippen LogP contribution in [0.4, 0.5) is 0 Å². The molecule has 0 bridgehead atoms. The van der Waals surface area contributed by atoms with Crippen molar-refractivity contribution < 1.29 is 39.3 Å². The maximum Gasteiger partial charge on any atom is 0.0700 e. The smallest absolute Gasteiger partial charge is 0.0700 e. The highest BCUT2D eigenvalue weighted by atomic mass is 16.5. The Morgan fingerprint density at radius 2 is 0.828 bits per heavy atom. The summed E-state index contributed by atoms with van der Waals surface area (Å²) in [5.41, 5.74) is 0. The van der Waals surface area contributed by atoms with Crippen molar-refractivity contribution in [3.05, 3.63) is 0 Å². The van der Waals surface area contributed by atoms with Crippen molar-refractivity contribution in [3.63, 3.8) is 0 Å². The highest BCUT2D eigenvalue weighted by Gasteiger charge is 2.18. The molecule has 0 saturated carbocycles. The molecule has 0 amide bonds. The van der Waals surface area contributed by atoms with Gasteiger partial charge in [-0.1, -0.05) is 0 Å². The second kappa shape index (κ2) is 24.0. The van der Waals surface area contributed by atoms with E-state index < -0.39 is 0 Å². The van der Waals surface area contributed by atoms with Gasteiger partial charge in [0.25, 0.3) is 0 Å². The predicted molar refractivity (Wildman–Crippen MR) is 112 cm³/mol. The summed E-state index contributed by atoms with van der Waals surface area (Å²) in [6.45, 7) is 6.45. The molecule has 0 aliphatic carbocycles. The molecule has 0 aromatic carbocycles. The quantitative estimate of drug-likeness (QED) is 0.218. The van der Waals surface area contributed by atoms with E-state index in [9.17, 15) is 0 Å². The first-order chi connectivity index (χ1) is 14.7. The molecule has 2 unspecified atom stereocenters. The summed E-state index contributed by atoms with van der Waals surface area (Å²) in [6.07, 6.45) is 1.13. The van der Waals surface area contributed by atoms with Crippen molar-refractivity contribution in [2.45, 2.75) is 19.2 Å². The molecular weight excluding hydrogens is 380 g/mol. The normalized spacial score (nSPS) is 15.2. The van der Waals surface area contributed by atoms with Crippen LogP contribution in [0.3, 0.4) is 0 Å². The summed E-state index contributed by atoms with van der Waals surface area (Å²) >= 11 is 0. The van der Waals surface area contributed by atoms with Gasteiger partial charge in [-0.3, -0.25) is 0 Å². The topological polar surface area (TPSA) is 73.8 Å². The van der Waals surface area contributed by atoms with Crippen LogP contribution in [-0.2, 0) is 37.9 Å². The van der Waals surface area contributed by atoms with Gasteiger partial charge in [-0.15, -0.1) is 0 Å². The first kappa shape index (κ1) is 26.7.